The van der Waals surface area contributed by atoms with E-state index in [-0.39, 0.29) is 17.4 Å². The van der Waals surface area contributed by atoms with Gasteiger partial charge in [0.15, 0.2) is 5.82 Å². The van der Waals surface area contributed by atoms with Crippen LogP contribution in [0.2, 0.25) is 0 Å². The Bertz CT molecular complexity index is 983. The molecule has 1 amide bonds. The average molecular weight is 376 g/mol. The highest BCUT2D eigenvalue weighted by atomic mass is 16.4. The Morgan fingerprint density at radius 1 is 1.11 bits per heavy atom. The number of rotatable bonds is 4. The van der Waals surface area contributed by atoms with Crippen molar-refractivity contribution in [3.63, 3.8) is 0 Å². The maximum absolute atomic E-state index is 13.2. The normalized spacial score (nSPS) is 16.7. The molecule has 7 heteroatoms. The first-order valence-electron chi connectivity index (χ1n) is 9.21. The molecule has 0 spiro atoms. The first-order valence-corrected chi connectivity index (χ1v) is 9.21. The molecule has 1 fully saturated rings. The Morgan fingerprint density at radius 2 is 1.89 bits per heavy atom. The van der Waals surface area contributed by atoms with Crippen LogP contribution in [0.1, 0.15) is 45.0 Å². The van der Waals surface area contributed by atoms with E-state index in [2.05, 4.69) is 15.2 Å². The minimum atomic E-state index is -0.934. The van der Waals surface area contributed by atoms with Crippen LogP contribution in [-0.4, -0.2) is 50.2 Å². The number of nitrogens with one attached hydrogen (secondary N) is 1. The van der Waals surface area contributed by atoms with E-state index in [1.165, 1.54) is 6.33 Å². The van der Waals surface area contributed by atoms with Gasteiger partial charge in [-0.2, -0.15) is 5.10 Å². The molecule has 0 saturated carbocycles. The fraction of sp³-hybridized carbons (Fsp3) is 0.238. The number of hydrogen-bond donors (Lipinski definition) is 2. The van der Waals surface area contributed by atoms with Gasteiger partial charge in [0.2, 0.25) is 0 Å². The van der Waals surface area contributed by atoms with Gasteiger partial charge in [0.1, 0.15) is 6.33 Å². The molecule has 7 nitrogen and oxygen atoms in total. The standard InChI is InChI=1S/C21H20N4O3/c26-20(18-6-2-1-5-17(18)19-22-13-23-24-19)25-11-3-4-16(12-25)14-7-9-15(10-8-14)21(27)28/h1-2,5-10,13,16H,3-4,11-12H2,(H,27,28)(H,22,23,24)/t16-/m1/s1. The van der Waals surface area contributed by atoms with Gasteiger partial charge in [-0.3, -0.25) is 9.89 Å². The summed E-state index contributed by atoms with van der Waals surface area (Å²) in [5.74, 6) is -0.199. The number of carbonyl (C=O) groups is 2. The number of H-pyrrole nitrogens is 1. The van der Waals surface area contributed by atoms with Crippen molar-refractivity contribution in [1.82, 2.24) is 20.1 Å². The lowest BCUT2D eigenvalue weighted by molar-refractivity contribution is 0.0693. The van der Waals surface area contributed by atoms with Gasteiger partial charge in [0.05, 0.1) is 11.1 Å². The number of aromatic carboxylic acids is 1. The smallest absolute Gasteiger partial charge is 0.335 e. The summed E-state index contributed by atoms with van der Waals surface area (Å²) < 4.78 is 0. The summed E-state index contributed by atoms with van der Waals surface area (Å²) in [5.41, 5.74) is 2.67. The fourth-order valence-electron chi connectivity index (χ4n) is 3.71. The molecule has 0 radical (unpaired) electrons. The monoisotopic (exact) mass is 376 g/mol. The second-order valence-electron chi connectivity index (χ2n) is 6.90. The molecular weight excluding hydrogens is 356 g/mol. The second kappa shape index (κ2) is 7.64. The van der Waals surface area contributed by atoms with Crippen LogP contribution >= 0.6 is 0 Å². The van der Waals surface area contributed by atoms with Gasteiger partial charge in [0, 0.05) is 24.6 Å². The van der Waals surface area contributed by atoms with E-state index in [1.54, 1.807) is 12.1 Å². The first-order chi connectivity index (χ1) is 13.6. The lowest BCUT2D eigenvalue weighted by Crippen LogP contribution is -2.39. The minimum Gasteiger partial charge on any atom is -0.478 e. The van der Waals surface area contributed by atoms with Gasteiger partial charge in [-0.15, -0.1) is 0 Å². The van der Waals surface area contributed by atoms with Crippen molar-refractivity contribution in [2.75, 3.05) is 13.1 Å². The molecule has 2 aromatic carbocycles. The number of aromatic nitrogens is 3. The minimum absolute atomic E-state index is 0.0288. The van der Waals surface area contributed by atoms with Crippen molar-refractivity contribution < 1.29 is 14.7 Å². The summed E-state index contributed by atoms with van der Waals surface area (Å²) in [6.45, 7) is 1.31. The van der Waals surface area contributed by atoms with Crippen molar-refractivity contribution in [2.45, 2.75) is 18.8 Å². The number of carboxylic acid groups (broad SMARTS) is 1. The van der Waals surface area contributed by atoms with Gasteiger partial charge in [-0.05, 0) is 36.6 Å². The van der Waals surface area contributed by atoms with Gasteiger partial charge in [-0.25, -0.2) is 9.78 Å². The molecular formula is C21H20N4O3. The van der Waals surface area contributed by atoms with Crippen molar-refractivity contribution in [2.24, 2.45) is 0 Å². The van der Waals surface area contributed by atoms with Crippen LogP contribution in [0.4, 0.5) is 0 Å². The Labute approximate surface area is 162 Å². The summed E-state index contributed by atoms with van der Waals surface area (Å²) >= 11 is 0. The highest BCUT2D eigenvalue weighted by Crippen LogP contribution is 2.29. The maximum atomic E-state index is 13.2. The van der Waals surface area contributed by atoms with E-state index in [9.17, 15) is 9.59 Å². The molecule has 0 bridgehead atoms. The molecule has 2 heterocycles. The van der Waals surface area contributed by atoms with Crippen LogP contribution in [0.5, 0.6) is 0 Å². The quantitative estimate of drug-likeness (QED) is 0.728. The topological polar surface area (TPSA) is 99.2 Å². The molecule has 0 aliphatic carbocycles. The third-order valence-corrected chi connectivity index (χ3v) is 5.17. The van der Waals surface area contributed by atoms with Crippen molar-refractivity contribution in [3.8, 4) is 11.4 Å². The number of hydrogen-bond acceptors (Lipinski definition) is 4. The Hall–Kier alpha value is -3.48. The predicted molar refractivity (Wildman–Crippen MR) is 103 cm³/mol. The number of carbonyl (C=O) groups excluding carboxylic acids is 1. The number of amides is 1. The zero-order valence-electron chi connectivity index (χ0n) is 15.2. The maximum Gasteiger partial charge on any atom is 0.335 e. The summed E-state index contributed by atoms with van der Waals surface area (Å²) in [6, 6.07) is 14.3. The number of benzene rings is 2. The molecule has 28 heavy (non-hydrogen) atoms. The van der Waals surface area contributed by atoms with Crippen LogP contribution in [0, 0.1) is 0 Å². The molecule has 4 rings (SSSR count). The zero-order valence-corrected chi connectivity index (χ0v) is 15.2. The summed E-state index contributed by atoms with van der Waals surface area (Å²) in [4.78, 5) is 30.3. The molecule has 2 N–H and O–H groups in total. The molecule has 3 aromatic rings. The van der Waals surface area contributed by atoms with Crippen LogP contribution < -0.4 is 0 Å². The molecule has 1 saturated heterocycles. The first kappa shape index (κ1) is 17.9. The molecule has 1 atom stereocenters. The summed E-state index contributed by atoms with van der Waals surface area (Å²) in [6.07, 6.45) is 3.30. The van der Waals surface area contributed by atoms with E-state index in [1.807, 2.05) is 41.3 Å². The summed E-state index contributed by atoms with van der Waals surface area (Å²) in [7, 11) is 0. The van der Waals surface area contributed by atoms with Crippen molar-refractivity contribution >= 4 is 11.9 Å². The largest absolute Gasteiger partial charge is 0.478 e. The molecule has 0 unspecified atom stereocenters. The van der Waals surface area contributed by atoms with Crippen LogP contribution in [-0.2, 0) is 0 Å². The number of carboxylic acids is 1. The van der Waals surface area contributed by atoms with E-state index >= 15 is 0 Å². The molecule has 1 aromatic heterocycles. The van der Waals surface area contributed by atoms with E-state index in [0.29, 0.717) is 24.5 Å². The second-order valence-corrected chi connectivity index (χ2v) is 6.90. The predicted octanol–water partition coefficient (Wildman–Crippen LogP) is 3.19. The lowest BCUT2D eigenvalue weighted by atomic mass is 9.89. The fourth-order valence-corrected chi connectivity index (χ4v) is 3.71. The highest BCUT2D eigenvalue weighted by molar-refractivity contribution is 6.00. The SMILES string of the molecule is O=C(O)c1ccc([C@@H]2CCCN(C(=O)c3ccccc3-c3ncn[nH]3)C2)cc1. The number of piperidine rings is 1. The highest BCUT2D eigenvalue weighted by Gasteiger charge is 2.27. The Kier molecular flexibility index (Phi) is 4.89. The zero-order chi connectivity index (χ0) is 19.5. The van der Waals surface area contributed by atoms with Crippen molar-refractivity contribution in [3.05, 3.63) is 71.5 Å². The Balaban J connectivity index is 1.55. The average Bonchev–Trinajstić information content (AvgIpc) is 3.28. The van der Waals surface area contributed by atoms with Gasteiger partial charge in [0.25, 0.3) is 5.91 Å². The number of likely N-dealkylation sites (tertiary alicyclic amines) is 1. The molecule has 1 aliphatic heterocycles. The van der Waals surface area contributed by atoms with E-state index in [0.717, 1.165) is 24.0 Å². The van der Waals surface area contributed by atoms with Crippen LogP contribution in [0.15, 0.2) is 54.9 Å². The molecule has 142 valence electrons. The van der Waals surface area contributed by atoms with Crippen LogP contribution in [0.3, 0.4) is 0 Å². The van der Waals surface area contributed by atoms with E-state index in [4.69, 9.17) is 5.11 Å². The Morgan fingerprint density at radius 3 is 2.61 bits per heavy atom. The third-order valence-electron chi connectivity index (χ3n) is 5.17. The van der Waals surface area contributed by atoms with E-state index < -0.39 is 5.97 Å². The van der Waals surface area contributed by atoms with Crippen molar-refractivity contribution in [1.29, 1.82) is 0 Å². The summed E-state index contributed by atoms with van der Waals surface area (Å²) in [5, 5.41) is 15.8. The third kappa shape index (κ3) is 3.51. The number of aromatic amines is 1. The lowest BCUT2D eigenvalue weighted by Gasteiger charge is -2.33. The van der Waals surface area contributed by atoms with Gasteiger partial charge < -0.3 is 10.0 Å². The molecule has 1 aliphatic rings. The van der Waals surface area contributed by atoms with Gasteiger partial charge >= 0.3 is 5.97 Å². The van der Waals surface area contributed by atoms with Gasteiger partial charge in [-0.1, -0.05) is 30.3 Å². The van der Waals surface area contributed by atoms with Crippen LogP contribution in [0.25, 0.3) is 11.4 Å². The number of nitrogens with zero attached hydrogens (tertiary/aromatic N) is 3.